The second kappa shape index (κ2) is 7.99. The Hall–Kier alpha value is -3.22. The van der Waals surface area contributed by atoms with Crippen LogP contribution in [0.15, 0.2) is 42.7 Å². The molecule has 6 nitrogen and oxygen atoms in total. The van der Waals surface area contributed by atoms with Crippen LogP contribution in [0.1, 0.15) is 6.92 Å². The maximum atomic E-state index is 14.3. The standard InChI is InChI=1S/C20H21FN2O4/c1-5-27-16-7-6-13(10-15(16)21)20-22-8-9-23(20)14-11-17(24-2)19(26-4)18(12-14)25-3/h6-12H,5H2,1-4H3. The van der Waals surface area contributed by atoms with Gasteiger partial charge < -0.3 is 18.9 Å². The van der Waals surface area contributed by atoms with Crippen molar-refractivity contribution in [3.05, 3.63) is 48.5 Å². The van der Waals surface area contributed by atoms with Gasteiger partial charge in [-0.3, -0.25) is 4.57 Å². The summed E-state index contributed by atoms with van der Waals surface area (Å²) in [5.41, 5.74) is 1.36. The lowest BCUT2D eigenvalue weighted by atomic mass is 10.2. The minimum Gasteiger partial charge on any atom is -0.493 e. The van der Waals surface area contributed by atoms with E-state index in [0.29, 0.717) is 35.2 Å². The fourth-order valence-corrected chi connectivity index (χ4v) is 2.84. The third-order valence-corrected chi connectivity index (χ3v) is 4.06. The van der Waals surface area contributed by atoms with Crippen LogP contribution in [0, 0.1) is 5.82 Å². The molecule has 0 bridgehead atoms. The molecule has 2 aromatic carbocycles. The van der Waals surface area contributed by atoms with E-state index >= 15 is 0 Å². The number of benzene rings is 2. The van der Waals surface area contributed by atoms with Crippen molar-refractivity contribution in [1.29, 1.82) is 0 Å². The Kier molecular flexibility index (Phi) is 5.49. The average molecular weight is 372 g/mol. The predicted molar refractivity (Wildman–Crippen MR) is 99.8 cm³/mol. The summed E-state index contributed by atoms with van der Waals surface area (Å²) >= 11 is 0. The summed E-state index contributed by atoms with van der Waals surface area (Å²) in [6, 6.07) is 8.38. The maximum Gasteiger partial charge on any atom is 0.203 e. The fraction of sp³-hybridized carbons (Fsp3) is 0.250. The molecule has 0 radical (unpaired) electrons. The number of nitrogens with zero attached hydrogens (tertiary/aromatic N) is 2. The zero-order chi connectivity index (χ0) is 19.4. The van der Waals surface area contributed by atoms with E-state index in [2.05, 4.69) is 4.98 Å². The van der Waals surface area contributed by atoms with Gasteiger partial charge in [-0.1, -0.05) is 0 Å². The molecule has 27 heavy (non-hydrogen) atoms. The third kappa shape index (κ3) is 3.53. The number of halogens is 1. The van der Waals surface area contributed by atoms with Gasteiger partial charge in [-0.25, -0.2) is 9.37 Å². The minimum atomic E-state index is -0.436. The summed E-state index contributed by atoms with van der Waals surface area (Å²) < 4.78 is 37.5. The number of imidazole rings is 1. The molecule has 0 saturated carbocycles. The average Bonchev–Trinajstić information content (AvgIpc) is 3.18. The first kappa shape index (κ1) is 18.6. The molecule has 0 fully saturated rings. The number of hydrogen-bond donors (Lipinski definition) is 0. The second-order valence-corrected chi connectivity index (χ2v) is 5.58. The molecule has 0 amide bonds. The van der Waals surface area contributed by atoms with Crippen molar-refractivity contribution < 1.29 is 23.3 Å². The smallest absolute Gasteiger partial charge is 0.203 e. The van der Waals surface area contributed by atoms with Gasteiger partial charge in [-0.2, -0.15) is 0 Å². The van der Waals surface area contributed by atoms with Crippen LogP contribution in [0.3, 0.4) is 0 Å². The largest absolute Gasteiger partial charge is 0.493 e. The van der Waals surface area contributed by atoms with E-state index in [1.54, 1.807) is 58.0 Å². The highest BCUT2D eigenvalue weighted by atomic mass is 19.1. The lowest BCUT2D eigenvalue weighted by Crippen LogP contribution is -2.01. The summed E-state index contributed by atoms with van der Waals surface area (Å²) in [7, 11) is 4.65. The first-order valence-electron chi connectivity index (χ1n) is 8.39. The molecule has 0 saturated heterocycles. The summed E-state index contributed by atoms with van der Waals surface area (Å²) in [6.45, 7) is 2.21. The Morgan fingerprint density at radius 1 is 0.963 bits per heavy atom. The van der Waals surface area contributed by atoms with E-state index in [9.17, 15) is 4.39 Å². The monoisotopic (exact) mass is 372 g/mol. The summed E-state index contributed by atoms with van der Waals surface area (Å²) in [5.74, 6) is 1.89. The highest BCUT2D eigenvalue weighted by Gasteiger charge is 2.17. The third-order valence-electron chi connectivity index (χ3n) is 4.06. The Morgan fingerprint density at radius 2 is 1.67 bits per heavy atom. The molecule has 0 aliphatic carbocycles. The van der Waals surface area contributed by atoms with Crippen molar-refractivity contribution in [2.24, 2.45) is 0 Å². The Balaban J connectivity index is 2.09. The minimum absolute atomic E-state index is 0.215. The lowest BCUT2D eigenvalue weighted by molar-refractivity contribution is 0.321. The summed E-state index contributed by atoms with van der Waals surface area (Å²) in [4.78, 5) is 4.38. The number of rotatable bonds is 7. The molecule has 0 atom stereocenters. The molecular formula is C20H21FN2O4. The van der Waals surface area contributed by atoms with E-state index in [4.69, 9.17) is 18.9 Å². The van der Waals surface area contributed by atoms with Gasteiger partial charge in [0.15, 0.2) is 23.1 Å². The normalized spacial score (nSPS) is 10.6. The van der Waals surface area contributed by atoms with E-state index in [-0.39, 0.29) is 5.75 Å². The molecule has 3 aromatic rings. The van der Waals surface area contributed by atoms with E-state index in [1.807, 2.05) is 11.5 Å². The molecule has 1 aromatic heterocycles. The highest BCUT2D eigenvalue weighted by molar-refractivity contribution is 5.64. The van der Waals surface area contributed by atoms with Crippen molar-refractivity contribution in [3.63, 3.8) is 0 Å². The number of ether oxygens (including phenoxy) is 4. The van der Waals surface area contributed by atoms with Gasteiger partial charge in [0.25, 0.3) is 0 Å². The van der Waals surface area contributed by atoms with Crippen LogP contribution in [-0.4, -0.2) is 37.5 Å². The van der Waals surface area contributed by atoms with Gasteiger partial charge in [0.05, 0.1) is 33.6 Å². The SMILES string of the molecule is CCOc1ccc(-c2nccn2-c2cc(OC)c(OC)c(OC)c2)cc1F. The molecule has 0 aliphatic heterocycles. The maximum absolute atomic E-state index is 14.3. The molecule has 3 rings (SSSR count). The Bertz CT molecular complexity index is 914. The Labute approximate surface area is 157 Å². The fourth-order valence-electron chi connectivity index (χ4n) is 2.84. The van der Waals surface area contributed by atoms with Crippen molar-refractivity contribution in [1.82, 2.24) is 9.55 Å². The van der Waals surface area contributed by atoms with Gasteiger partial charge in [0.1, 0.15) is 5.82 Å². The summed E-state index contributed by atoms with van der Waals surface area (Å²) in [5, 5.41) is 0. The van der Waals surface area contributed by atoms with Gasteiger partial charge in [0.2, 0.25) is 5.75 Å². The van der Waals surface area contributed by atoms with Crippen molar-refractivity contribution in [2.75, 3.05) is 27.9 Å². The molecule has 1 heterocycles. The van der Waals surface area contributed by atoms with E-state index < -0.39 is 5.82 Å². The molecule has 0 unspecified atom stereocenters. The van der Waals surface area contributed by atoms with Crippen LogP contribution in [0.4, 0.5) is 4.39 Å². The van der Waals surface area contributed by atoms with E-state index in [0.717, 1.165) is 5.69 Å². The highest BCUT2D eigenvalue weighted by Crippen LogP contribution is 2.40. The van der Waals surface area contributed by atoms with Gasteiger partial charge in [-0.15, -0.1) is 0 Å². The van der Waals surface area contributed by atoms with Crippen molar-refractivity contribution in [3.8, 4) is 40.1 Å². The van der Waals surface area contributed by atoms with Crippen LogP contribution in [0.5, 0.6) is 23.0 Å². The first-order chi connectivity index (χ1) is 13.1. The van der Waals surface area contributed by atoms with Gasteiger partial charge in [-0.05, 0) is 25.1 Å². The van der Waals surface area contributed by atoms with Crippen LogP contribution < -0.4 is 18.9 Å². The van der Waals surface area contributed by atoms with Gasteiger partial charge >= 0.3 is 0 Å². The number of methoxy groups -OCH3 is 3. The molecule has 7 heteroatoms. The molecular weight excluding hydrogens is 351 g/mol. The molecule has 0 N–H and O–H groups in total. The predicted octanol–water partition coefficient (Wildman–Crippen LogP) is 4.10. The zero-order valence-electron chi connectivity index (χ0n) is 15.7. The van der Waals surface area contributed by atoms with Crippen LogP contribution in [0.25, 0.3) is 17.1 Å². The molecule has 0 aliphatic rings. The van der Waals surface area contributed by atoms with Crippen LogP contribution in [-0.2, 0) is 0 Å². The molecule has 142 valence electrons. The second-order valence-electron chi connectivity index (χ2n) is 5.58. The van der Waals surface area contributed by atoms with Crippen molar-refractivity contribution in [2.45, 2.75) is 6.92 Å². The Morgan fingerprint density at radius 3 is 2.22 bits per heavy atom. The van der Waals surface area contributed by atoms with Crippen LogP contribution >= 0.6 is 0 Å². The topological polar surface area (TPSA) is 54.7 Å². The number of aromatic nitrogens is 2. The van der Waals surface area contributed by atoms with E-state index in [1.165, 1.54) is 6.07 Å². The number of hydrogen-bond acceptors (Lipinski definition) is 5. The van der Waals surface area contributed by atoms with Crippen molar-refractivity contribution >= 4 is 0 Å². The quantitative estimate of drug-likeness (QED) is 0.625. The zero-order valence-corrected chi connectivity index (χ0v) is 15.7. The van der Waals surface area contributed by atoms with Crippen LogP contribution in [0.2, 0.25) is 0 Å². The summed E-state index contributed by atoms with van der Waals surface area (Å²) in [6.07, 6.45) is 3.43. The first-order valence-corrected chi connectivity index (χ1v) is 8.39. The van der Waals surface area contributed by atoms with Gasteiger partial charge in [0, 0.05) is 30.1 Å². The molecule has 0 spiro atoms. The lowest BCUT2D eigenvalue weighted by Gasteiger charge is -2.16.